The van der Waals surface area contributed by atoms with Crippen LogP contribution < -0.4 is 10.4 Å². The van der Waals surface area contributed by atoms with E-state index in [1.165, 1.54) is 0 Å². The first kappa shape index (κ1) is 15.6. The van der Waals surface area contributed by atoms with Crippen molar-refractivity contribution in [2.75, 3.05) is 20.3 Å². The van der Waals surface area contributed by atoms with Gasteiger partial charge in [-0.3, -0.25) is 4.57 Å². The Hall–Kier alpha value is -2.24. The number of benzene rings is 2. The second-order valence-corrected chi connectivity index (χ2v) is 5.60. The first-order valence-corrected chi connectivity index (χ1v) is 7.64. The highest BCUT2D eigenvalue weighted by Gasteiger charge is 2.09. The van der Waals surface area contributed by atoms with Crippen LogP contribution in [0.5, 0.6) is 5.75 Å². The van der Waals surface area contributed by atoms with Gasteiger partial charge in [0.15, 0.2) is 0 Å². The lowest BCUT2D eigenvalue weighted by molar-refractivity contribution is 0.146. The summed E-state index contributed by atoms with van der Waals surface area (Å²) in [5, 5.41) is 0.675. The summed E-state index contributed by atoms with van der Waals surface area (Å²) < 4.78 is 12.3. The summed E-state index contributed by atoms with van der Waals surface area (Å²) in [6.45, 7) is 1.45. The standard InChI is InChI=1S/C17H17ClN2O3/c1-22-8-9-23-14-6-7-15-16(10-14)20(17(21)19-15)11-12-2-4-13(18)5-3-12/h2-7,10H,8-9,11H2,1H3,(H,19,21). The Bertz CT molecular complexity index is 852. The van der Waals surface area contributed by atoms with E-state index in [9.17, 15) is 4.79 Å². The van der Waals surface area contributed by atoms with Gasteiger partial charge in [0, 0.05) is 18.2 Å². The summed E-state index contributed by atoms with van der Waals surface area (Å²) in [6.07, 6.45) is 0. The lowest BCUT2D eigenvalue weighted by Gasteiger charge is -2.07. The minimum Gasteiger partial charge on any atom is -0.491 e. The maximum Gasteiger partial charge on any atom is 0.326 e. The molecule has 0 aliphatic rings. The summed E-state index contributed by atoms with van der Waals surface area (Å²) >= 11 is 5.90. The minimum absolute atomic E-state index is 0.149. The number of methoxy groups -OCH3 is 1. The van der Waals surface area contributed by atoms with Gasteiger partial charge in [-0.1, -0.05) is 23.7 Å². The molecule has 0 amide bonds. The number of halogens is 1. The van der Waals surface area contributed by atoms with Crippen LogP contribution in [0, 0.1) is 0 Å². The summed E-state index contributed by atoms with van der Waals surface area (Å²) in [5.41, 5.74) is 2.44. The highest BCUT2D eigenvalue weighted by Crippen LogP contribution is 2.20. The van der Waals surface area contributed by atoms with Crippen LogP contribution in [0.1, 0.15) is 5.56 Å². The number of aromatic amines is 1. The number of nitrogens with one attached hydrogen (secondary N) is 1. The zero-order valence-corrected chi connectivity index (χ0v) is 13.5. The van der Waals surface area contributed by atoms with Crippen LogP contribution in [0.15, 0.2) is 47.3 Å². The Morgan fingerprint density at radius 3 is 2.65 bits per heavy atom. The number of hydrogen-bond donors (Lipinski definition) is 1. The average Bonchev–Trinajstić information content (AvgIpc) is 2.85. The predicted octanol–water partition coefficient (Wildman–Crippen LogP) is 3.06. The highest BCUT2D eigenvalue weighted by atomic mass is 35.5. The number of imidazole rings is 1. The molecule has 0 bridgehead atoms. The second-order valence-electron chi connectivity index (χ2n) is 5.16. The number of fused-ring (bicyclic) bond motifs is 1. The molecule has 3 aromatic rings. The molecule has 1 aromatic heterocycles. The summed E-state index contributed by atoms with van der Waals surface area (Å²) in [6, 6.07) is 13.0. The van der Waals surface area contributed by atoms with Crippen LogP contribution in [-0.2, 0) is 11.3 Å². The second kappa shape index (κ2) is 6.89. The molecular formula is C17H17ClN2O3. The number of H-pyrrole nitrogens is 1. The number of ether oxygens (including phenoxy) is 2. The van der Waals surface area contributed by atoms with Gasteiger partial charge in [-0.05, 0) is 29.8 Å². The molecule has 0 aliphatic carbocycles. The van der Waals surface area contributed by atoms with Gasteiger partial charge < -0.3 is 14.5 Å². The molecule has 2 aromatic carbocycles. The number of aromatic nitrogens is 2. The van der Waals surface area contributed by atoms with Crippen LogP contribution >= 0.6 is 11.6 Å². The number of rotatable bonds is 6. The smallest absolute Gasteiger partial charge is 0.326 e. The average molecular weight is 333 g/mol. The van der Waals surface area contributed by atoms with Crippen LogP contribution in [0.2, 0.25) is 5.02 Å². The Morgan fingerprint density at radius 2 is 1.91 bits per heavy atom. The minimum atomic E-state index is -0.149. The molecule has 0 atom stereocenters. The lowest BCUT2D eigenvalue weighted by atomic mass is 10.2. The van der Waals surface area contributed by atoms with E-state index in [0.717, 1.165) is 16.6 Å². The summed E-state index contributed by atoms with van der Waals surface area (Å²) in [4.78, 5) is 15.1. The topological polar surface area (TPSA) is 56.2 Å². The van der Waals surface area contributed by atoms with E-state index >= 15 is 0 Å². The molecule has 0 unspecified atom stereocenters. The summed E-state index contributed by atoms with van der Waals surface area (Å²) in [7, 11) is 1.63. The van der Waals surface area contributed by atoms with E-state index in [0.29, 0.717) is 30.5 Å². The van der Waals surface area contributed by atoms with Crippen molar-refractivity contribution in [3.05, 3.63) is 63.5 Å². The molecule has 23 heavy (non-hydrogen) atoms. The van der Waals surface area contributed by atoms with E-state index in [1.807, 2.05) is 42.5 Å². The third-order valence-electron chi connectivity index (χ3n) is 3.56. The Labute approximate surface area is 138 Å². The Morgan fingerprint density at radius 1 is 1.13 bits per heavy atom. The molecule has 120 valence electrons. The quantitative estimate of drug-likeness (QED) is 0.706. The number of nitrogens with zero attached hydrogens (tertiary/aromatic N) is 1. The van der Waals surface area contributed by atoms with Crippen molar-refractivity contribution >= 4 is 22.6 Å². The van der Waals surface area contributed by atoms with E-state index in [-0.39, 0.29) is 5.69 Å². The van der Waals surface area contributed by atoms with Gasteiger partial charge in [0.25, 0.3) is 0 Å². The van der Waals surface area contributed by atoms with E-state index in [1.54, 1.807) is 11.7 Å². The van der Waals surface area contributed by atoms with E-state index in [2.05, 4.69) is 4.98 Å². The maximum atomic E-state index is 12.2. The zero-order chi connectivity index (χ0) is 16.2. The van der Waals surface area contributed by atoms with Crippen LogP contribution in [-0.4, -0.2) is 29.9 Å². The van der Waals surface area contributed by atoms with Crippen LogP contribution in [0.3, 0.4) is 0 Å². The highest BCUT2D eigenvalue weighted by molar-refractivity contribution is 6.30. The van der Waals surface area contributed by atoms with E-state index in [4.69, 9.17) is 21.1 Å². The molecule has 5 nitrogen and oxygen atoms in total. The van der Waals surface area contributed by atoms with Gasteiger partial charge in [0.05, 0.1) is 24.2 Å². The van der Waals surface area contributed by atoms with E-state index < -0.39 is 0 Å². The molecular weight excluding hydrogens is 316 g/mol. The molecule has 0 saturated carbocycles. The van der Waals surface area contributed by atoms with Crippen molar-refractivity contribution in [1.82, 2.24) is 9.55 Å². The first-order chi connectivity index (χ1) is 11.2. The van der Waals surface area contributed by atoms with Gasteiger partial charge in [-0.25, -0.2) is 4.79 Å². The molecule has 0 saturated heterocycles. The zero-order valence-electron chi connectivity index (χ0n) is 12.7. The fourth-order valence-electron chi connectivity index (χ4n) is 2.39. The maximum absolute atomic E-state index is 12.2. The molecule has 1 N–H and O–H groups in total. The third-order valence-corrected chi connectivity index (χ3v) is 3.81. The molecule has 0 fully saturated rings. The Balaban J connectivity index is 1.91. The SMILES string of the molecule is COCCOc1ccc2[nH]c(=O)n(Cc3ccc(Cl)cc3)c2c1. The van der Waals surface area contributed by atoms with Gasteiger partial charge in [0.2, 0.25) is 0 Å². The van der Waals surface area contributed by atoms with Crippen LogP contribution in [0.25, 0.3) is 11.0 Å². The normalized spacial score (nSPS) is 11.0. The van der Waals surface area contributed by atoms with Crippen molar-refractivity contribution < 1.29 is 9.47 Å². The molecule has 0 aliphatic heterocycles. The molecule has 6 heteroatoms. The number of hydrogen-bond acceptors (Lipinski definition) is 3. The molecule has 0 spiro atoms. The van der Waals surface area contributed by atoms with Gasteiger partial charge in [0.1, 0.15) is 12.4 Å². The van der Waals surface area contributed by atoms with Crippen molar-refractivity contribution in [3.63, 3.8) is 0 Å². The lowest BCUT2D eigenvalue weighted by Crippen LogP contribution is -2.17. The predicted molar refractivity (Wildman–Crippen MR) is 90.5 cm³/mol. The first-order valence-electron chi connectivity index (χ1n) is 7.26. The van der Waals surface area contributed by atoms with Crippen molar-refractivity contribution in [3.8, 4) is 5.75 Å². The molecule has 1 heterocycles. The summed E-state index contributed by atoms with van der Waals surface area (Å²) in [5.74, 6) is 0.707. The van der Waals surface area contributed by atoms with Crippen molar-refractivity contribution in [2.45, 2.75) is 6.54 Å². The monoisotopic (exact) mass is 332 g/mol. The largest absolute Gasteiger partial charge is 0.491 e. The molecule has 0 radical (unpaired) electrons. The van der Waals surface area contributed by atoms with Crippen LogP contribution in [0.4, 0.5) is 0 Å². The fraction of sp³-hybridized carbons (Fsp3) is 0.235. The molecule has 3 rings (SSSR count). The van der Waals surface area contributed by atoms with Crippen molar-refractivity contribution in [1.29, 1.82) is 0 Å². The third kappa shape index (κ3) is 3.57. The van der Waals surface area contributed by atoms with Gasteiger partial charge in [-0.15, -0.1) is 0 Å². The van der Waals surface area contributed by atoms with Crippen molar-refractivity contribution in [2.24, 2.45) is 0 Å². The van der Waals surface area contributed by atoms with Gasteiger partial charge in [-0.2, -0.15) is 0 Å². The van der Waals surface area contributed by atoms with Gasteiger partial charge >= 0.3 is 5.69 Å². The fourth-order valence-corrected chi connectivity index (χ4v) is 2.52. The Kier molecular flexibility index (Phi) is 4.69.